The van der Waals surface area contributed by atoms with Gasteiger partial charge >= 0.3 is 36.2 Å². The highest BCUT2D eigenvalue weighted by Crippen LogP contribution is 2.39. The smallest absolute Gasteiger partial charge is 0.450 e. The molecule has 0 atom stereocenters. The van der Waals surface area contributed by atoms with Crippen molar-refractivity contribution in [3.8, 4) is 0 Å². The van der Waals surface area contributed by atoms with Crippen LogP contribution < -0.4 is 0 Å². The van der Waals surface area contributed by atoms with Crippen LogP contribution >= 0.6 is 0 Å². The maximum atomic E-state index is 11.8. The first-order chi connectivity index (χ1) is 12.1. The molecule has 0 aromatic carbocycles. The number of carboxylic acid groups (broad SMARTS) is 2. The highest BCUT2D eigenvalue weighted by atomic mass is 16.9. The first-order valence-electron chi connectivity index (χ1n) is 7.67. The molecule has 0 saturated heterocycles. The van der Waals surface area contributed by atoms with Crippen LogP contribution in [0.1, 0.15) is 40.5 Å². The fourth-order valence-corrected chi connectivity index (χ4v) is 2.03. The van der Waals surface area contributed by atoms with Crippen LogP contribution in [-0.2, 0) is 28.4 Å². The fourth-order valence-electron chi connectivity index (χ4n) is 2.03. The van der Waals surface area contributed by atoms with E-state index < -0.39 is 49.0 Å². The molecule has 0 spiro atoms. The summed E-state index contributed by atoms with van der Waals surface area (Å²) in [7, 11) is 0. The third kappa shape index (κ3) is 5.86. The highest BCUT2D eigenvalue weighted by Gasteiger charge is 2.64. The molecule has 26 heavy (non-hydrogen) atoms. The van der Waals surface area contributed by atoms with E-state index in [9.17, 15) is 19.2 Å². The van der Waals surface area contributed by atoms with Gasteiger partial charge in [0.1, 0.15) is 0 Å². The third-order valence-corrected chi connectivity index (χ3v) is 3.04. The Kier molecular flexibility index (Phi) is 9.02. The number of carbonyl (C=O) groups is 4. The Morgan fingerprint density at radius 1 is 0.654 bits per heavy atom. The Bertz CT molecular complexity index is 478. The summed E-state index contributed by atoms with van der Waals surface area (Å²) in [6.07, 6.45) is -7.66. The second-order valence-corrected chi connectivity index (χ2v) is 4.52. The average molecular weight is 382 g/mol. The number of hydrogen-bond donors (Lipinski definition) is 2. The summed E-state index contributed by atoms with van der Waals surface area (Å²) in [4.78, 5) is 45.8. The molecule has 0 unspecified atom stereocenters. The highest BCUT2D eigenvalue weighted by molar-refractivity contribution is 5.65. The monoisotopic (exact) mass is 382 g/mol. The van der Waals surface area contributed by atoms with E-state index in [0.717, 1.165) is 0 Å². The van der Waals surface area contributed by atoms with Gasteiger partial charge in [-0.1, -0.05) is 13.8 Å². The molecule has 0 aromatic rings. The summed E-state index contributed by atoms with van der Waals surface area (Å²) in [5.74, 6) is -5.38. The maximum Gasteiger partial charge on any atom is 0.511 e. The van der Waals surface area contributed by atoms with Crippen LogP contribution in [0.4, 0.5) is 19.2 Å². The van der Waals surface area contributed by atoms with Crippen LogP contribution in [0.25, 0.3) is 0 Å². The topological polar surface area (TPSA) is 164 Å². The van der Waals surface area contributed by atoms with Gasteiger partial charge in [-0.2, -0.15) is 0 Å². The number of rotatable bonds is 9. The maximum absolute atomic E-state index is 11.8. The van der Waals surface area contributed by atoms with Crippen molar-refractivity contribution in [1.82, 2.24) is 0 Å². The molecule has 150 valence electrons. The van der Waals surface area contributed by atoms with E-state index in [1.807, 2.05) is 0 Å². The lowest BCUT2D eigenvalue weighted by molar-refractivity contribution is -0.358. The van der Waals surface area contributed by atoms with Gasteiger partial charge in [0, 0.05) is 12.8 Å². The Labute approximate surface area is 148 Å². The number of carbonyl (C=O) groups excluding carboxylic acids is 2. The van der Waals surface area contributed by atoms with Gasteiger partial charge in [0.25, 0.3) is 0 Å². The second-order valence-electron chi connectivity index (χ2n) is 4.52. The molecule has 0 saturated carbocycles. The van der Waals surface area contributed by atoms with Crippen LogP contribution in [0.15, 0.2) is 0 Å². The van der Waals surface area contributed by atoms with Crippen LogP contribution in [0.2, 0.25) is 0 Å². The average Bonchev–Trinajstić information content (AvgIpc) is 2.52. The van der Waals surface area contributed by atoms with E-state index in [0.29, 0.717) is 0 Å². The predicted octanol–water partition coefficient (Wildman–Crippen LogP) is 2.93. The lowest BCUT2D eigenvalue weighted by Crippen LogP contribution is -2.63. The minimum Gasteiger partial charge on any atom is -0.450 e. The summed E-state index contributed by atoms with van der Waals surface area (Å²) in [5, 5.41) is 18.0. The summed E-state index contributed by atoms with van der Waals surface area (Å²) in [6, 6.07) is 0. The van der Waals surface area contributed by atoms with Crippen LogP contribution in [0.5, 0.6) is 0 Å². The van der Waals surface area contributed by atoms with Gasteiger partial charge in [-0.15, -0.1) is 0 Å². The third-order valence-electron chi connectivity index (χ3n) is 3.04. The van der Waals surface area contributed by atoms with Crippen molar-refractivity contribution >= 4 is 24.6 Å². The van der Waals surface area contributed by atoms with Gasteiger partial charge in [-0.05, 0) is 13.8 Å². The Balaban J connectivity index is 6.26. The Hall–Kier alpha value is -2.92. The summed E-state index contributed by atoms with van der Waals surface area (Å²) in [6.45, 7) is 5.22. The van der Waals surface area contributed by atoms with E-state index in [-0.39, 0.29) is 13.2 Å². The predicted molar refractivity (Wildman–Crippen MR) is 80.5 cm³/mol. The quantitative estimate of drug-likeness (QED) is 0.341. The molecule has 0 heterocycles. The van der Waals surface area contributed by atoms with E-state index in [2.05, 4.69) is 18.9 Å². The lowest BCUT2D eigenvalue weighted by atomic mass is 9.99. The van der Waals surface area contributed by atoms with Gasteiger partial charge in [-0.25, -0.2) is 19.2 Å². The lowest BCUT2D eigenvalue weighted by Gasteiger charge is -2.42. The van der Waals surface area contributed by atoms with Gasteiger partial charge in [0.2, 0.25) is 0 Å². The van der Waals surface area contributed by atoms with Gasteiger partial charge in [0.05, 0.1) is 13.2 Å². The molecule has 0 rings (SSSR count). The van der Waals surface area contributed by atoms with E-state index in [1.54, 1.807) is 0 Å². The zero-order valence-electron chi connectivity index (χ0n) is 14.8. The van der Waals surface area contributed by atoms with Crippen molar-refractivity contribution in [2.24, 2.45) is 0 Å². The molecular formula is C14H22O12. The minimum absolute atomic E-state index is 0.128. The normalized spacial score (nSPS) is 11.1. The second kappa shape index (κ2) is 10.2. The van der Waals surface area contributed by atoms with Crippen molar-refractivity contribution in [1.29, 1.82) is 0 Å². The van der Waals surface area contributed by atoms with Crippen LogP contribution in [-0.4, -0.2) is 59.6 Å². The molecule has 0 fully saturated rings. The van der Waals surface area contributed by atoms with Crippen molar-refractivity contribution in [2.75, 3.05) is 13.2 Å². The molecular weight excluding hydrogens is 360 g/mol. The van der Waals surface area contributed by atoms with Gasteiger partial charge in [0.15, 0.2) is 0 Å². The zero-order valence-corrected chi connectivity index (χ0v) is 14.8. The molecule has 12 nitrogen and oxygen atoms in total. The van der Waals surface area contributed by atoms with E-state index in [1.165, 1.54) is 27.7 Å². The molecule has 0 amide bonds. The van der Waals surface area contributed by atoms with Gasteiger partial charge < -0.3 is 38.6 Å². The number of hydrogen-bond acceptors (Lipinski definition) is 10. The Morgan fingerprint density at radius 2 is 0.962 bits per heavy atom. The largest absolute Gasteiger partial charge is 0.511 e. The summed E-state index contributed by atoms with van der Waals surface area (Å²) >= 11 is 0. The van der Waals surface area contributed by atoms with Gasteiger partial charge in [-0.3, -0.25) is 0 Å². The molecule has 0 aromatic heterocycles. The first-order valence-corrected chi connectivity index (χ1v) is 7.67. The molecule has 0 aliphatic carbocycles. The minimum atomic E-state index is -2.74. The van der Waals surface area contributed by atoms with Crippen molar-refractivity contribution in [3.05, 3.63) is 0 Å². The Morgan fingerprint density at radius 3 is 1.19 bits per heavy atom. The first kappa shape index (κ1) is 23.1. The molecule has 0 aliphatic rings. The summed E-state index contributed by atoms with van der Waals surface area (Å²) < 4.78 is 28.2. The van der Waals surface area contributed by atoms with Crippen molar-refractivity contribution in [2.45, 2.75) is 52.1 Å². The molecule has 2 N–H and O–H groups in total. The molecule has 0 aliphatic heterocycles. The fraction of sp³-hybridized carbons (Fsp3) is 0.714. The molecule has 12 heteroatoms. The SMILES string of the molecule is CCOC(=O)OC(CC)(OC(=O)OCC)C(CC)(OC(=O)O)OC(=O)O. The van der Waals surface area contributed by atoms with Crippen molar-refractivity contribution in [3.63, 3.8) is 0 Å². The van der Waals surface area contributed by atoms with Crippen LogP contribution in [0.3, 0.4) is 0 Å². The molecule has 0 bridgehead atoms. The standard InChI is InChI=1S/C14H22O12/c1-5-13(23-9(15)16,24-10(17)18)14(6-2,25-11(19)21-7-3)26-12(20)22-8-4/h5-8H2,1-4H3,(H,15,16)(H,17,18). The number of ether oxygens (including phenoxy) is 6. The van der Waals surface area contributed by atoms with E-state index >= 15 is 0 Å². The molecule has 0 radical (unpaired) electrons. The summed E-state index contributed by atoms with van der Waals surface area (Å²) in [5.41, 5.74) is 0. The van der Waals surface area contributed by atoms with E-state index in [4.69, 9.17) is 19.7 Å². The zero-order chi connectivity index (χ0) is 20.4. The van der Waals surface area contributed by atoms with Crippen LogP contribution in [0, 0.1) is 0 Å². The van der Waals surface area contributed by atoms with Crippen molar-refractivity contribution < 1.29 is 57.8 Å².